The number of hydrogen-bond donors (Lipinski definition) is 3. The summed E-state index contributed by atoms with van der Waals surface area (Å²) in [5.41, 5.74) is -0.534. The highest BCUT2D eigenvalue weighted by atomic mass is 16.5. The Morgan fingerprint density at radius 1 is 0.807 bits per heavy atom. The second kappa shape index (κ2) is 15.0. The Labute approximate surface area is 344 Å². The van der Waals surface area contributed by atoms with Gasteiger partial charge in [0.05, 0.1) is 30.0 Å². The predicted molar refractivity (Wildman–Crippen MR) is 222 cm³/mol. The highest BCUT2D eigenvalue weighted by Crippen LogP contribution is 2.78. The highest BCUT2D eigenvalue weighted by Gasteiger charge is 2.73. The molecule has 7 saturated carbocycles. The van der Waals surface area contributed by atoms with Crippen molar-refractivity contribution in [3.63, 3.8) is 0 Å². The van der Waals surface area contributed by atoms with E-state index >= 15 is 0 Å². The van der Waals surface area contributed by atoms with Crippen LogP contribution in [0.3, 0.4) is 0 Å². The number of hydrogen-bond acceptors (Lipinski definition) is 7. The minimum Gasteiger partial charge on any atom is -0.481 e. The molecule has 15 atom stereocenters. The second-order valence-electron chi connectivity index (χ2n) is 22.9. The van der Waals surface area contributed by atoms with Crippen molar-refractivity contribution in [2.75, 3.05) is 52.5 Å². The lowest BCUT2D eigenvalue weighted by Crippen LogP contribution is -2.67. The molecule has 0 aromatic carbocycles. The molecule has 1 amide bonds. The summed E-state index contributed by atoms with van der Waals surface area (Å²) in [5, 5.41) is 16.8. The van der Waals surface area contributed by atoms with Gasteiger partial charge in [0, 0.05) is 31.6 Å². The summed E-state index contributed by atoms with van der Waals surface area (Å²) in [5.74, 6) is 3.09. The smallest absolute Gasteiger partial charge is 0.312 e. The average Bonchev–Trinajstić information content (AvgIpc) is 3.77. The summed E-state index contributed by atoms with van der Waals surface area (Å²) < 4.78 is 12.0. The third kappa shape index (κ3) is 6.57. The van der Waals surface area contributed by atoms with Gasteiger partial charge in [0.15, 0.2) is 0 Å². The van der Waals surface area contributed by atoms with Crippen molar-refractivity contribution in [1.29, 1.82) is 0 Å². The van der Waals surface area contributed by atoms with Gasteiger partial charge in [-0.25, -0.2) is 0 Å². The number of nitrogens with one attached hydrogen (secondary N) is 2. The fraction of sp³-hybridized carbons (Fsp3) is 0.938. The molecule has 0 aromatic rings. The maximum atomic E-state index is 14.7. The molecule has 0 aromatic heterocycles. The molecule has 322 valence electrons. The number of fused-ring (bicyclic) bond motifs is 7. The summed E-state index contributed by atoms with van der Waals surface area (Å²) in [6.45, 7) is 26.4. The molecule has 15 unspecified atom stereocenters. The van der Waals surface area contributed by atoms with Gasteiger partial charge in [-0.3, -0.25) is 19.3 Å². The van der Waals surface area contributed by atoms with Crippen LogP contribution in [0.15, 0.2) is 0 Å². The first-order valence-corrected chi connectivity index (χ1v) is 23.7. The summed E-state index contributed by atoms with van der Waals surface area (Å²) in [6, 6.07) is 0. The first kappa shape index (κ1) is 42.0. The Morgan fingerprint density at radius 3 is 2.23 bits per heavy atom. The standard InChI is InChI=1S/C48H79N3O6/c1-30-28-33(30)32-12-17-48(41(54)50-22-21-49-20-9-23-51-24-26-56-27-25-51)19-18-46(7)35(39(32)48)10-11-37-44(5)15-14-38(43(3,4)36(44)13-16-47(37,46)8)57-42(55)45(6)29-34(31(45)2)40(52)53/h30-39,49H,9-29H2,1-8H3,(H,50,54)(H,52,53). The lowest BCUT2D eigenvalue weighted by molar-refractivity contribution is -0.252. The van der Waals surface area contributed by atoms with Crippen molar-refractivity contribution in [3.05, 3.63) is 0 Å². The van der Waals surface area contributed by atoms with Crippen LogP contribution >= 0.6 is 0 Å². The minimum atomic E-state index is -0.804. The van der Waals surface area contributed by atoms with Crippen molar-refractivity contribution < 1.29 is 29.0 Å². The second-order valence-corrected chi connectivity index (χ2v) is 22.9. The largest absolute Gasteiger partial charge is 0.481 e. The normalized spacial score (nSPS) is 48.6. The van der Waals surface area contributed by atoms with Gasteiger partial charge in [-0.05, 0) is 167 Å². The summed E-state index contributed by atoms with van der Waals surface area (Å²) in [6.07, 6.45) is 14.0. The summed E-state index contributed by atoms with van der Waals surface area (Å²) >= 11 is 0. The molecule has 7 aliphatic carbocycles. The number of carbonyl (C=O) groups is 3. The Morgan fingerprint density at radius 2 is 1.54 bits per heavy atom. The third-order valence-corrected chi connectivity index (χ3v) is 20.4. The maximum absolute atomic E-state index is 14.7. The van der Waals surface area contributed by atoms with Gasteiger partial charge < -0.3 is 25.2 Å². The first-order valence-electron chi connectivity index (χ1n) is 23.7. The van der Waals surface area contributed by atoms with E-state index in [9.17, 15) is 19.5 Å². The molecule has 3 N–H and O–H groups in total. The molecular formula is C48H79N3O6. The van der Waals surface area contributed by atoms with E-state index in [1.165, 1.54) is 32.1 Å². The minimum absolute atomic E-state index is 0.147. The maximum Gasteiger partial charge on any atom is 0.312 e. The quantitative estimate of drug-likeness (QED) is 0.135. The van der Waals surface area contributed by atoms with Crippen LogP contribution in [0, 0.1) is 85.8 Å². The molecule has 9 heteroatoms. The summed E-state index contributed by atoms with van der Waals surface area (Å²) in [7, 11) is 0. The molecule has 9 nitrogen and oxygen atoms in total. The average molecular weight is 794 g/mol. The molecule has 1 heterocycles. The van der Waals surface area contributed by atoms with E-state index in [4.69, 9.17) is 9.47 Å². The number of carboxylic acids is 1. The van der Waals surface area contributed by atoms with Crippen LogP contribution in [-0.4, -0.2) is 86.4 Å². The van der Waals surface area contributed by atoms with E-state index in [1.807, 2.05) is 13.8 Å². The van der Waals surface area contributed by atoms with Crippen molar-refractivity contribution >= 4 is 17.8 Å². The Kier molecular flexibility index (Phi) is 11.1. The SMILES string of the molecule is CC1CC1C1CCC2(C(=O)NCCNCCCN3CCOCC3)CCC3(C)C(CCC4C5(C)CCC(OC(=O)C6(C)CC(C(=O)O)C6C)C(C)(C)C5CCC43C)C12. The van der Waals surface area contributed by atoms with Crippen molar-refractivity contribution in [3.8, 4) is 0 Å². The van der Waals surface area contributed by atoms with Gasteiger partial charge in [0.25, 0.3) is 0 Å². The summed E-state index contributed by atoms with van der Waals surface area (Å²) in [4.78, 5) is 42.7. The fourth-order valence-corrected chi connectivity index (χ4v) is 16.4. The highest BCUT2D eigenvalue weighted by molar-refractivity contribution is 5.84. The number of esters is 1. The van der Waals surface area contributed by atoms with Crippen LogP contribution in [0.2, 0.25) is 0 Å². The Hall–Kier alpha value is -1.71. The van der Waals surface area contributed by atoms with Crippen LogP contribution in [0.25, 0.3) is 0 Å². The number of amides is 1. The number of carbonyl (C=O) groups excluding carboxylic acids is 2. The van der Waals surface area contributed by atoms with E-state index in [0.717, 1.165) is 103 Å². The number of rotatable bonds is 12. The van der Waals surface area contributed by atoms with E-state index in [1.54, 1.807) is 0 Å². The van der Waals surface area contributed by atoms with Crippen LogP contribution in [-0.2, 0) is 23.9 Å². The van der Waals surface area contributed by atoms with Crippen LogP contribution in [0.1, 0.15) is 139 Å². The van der Waals surface area contributed by atoms with E-state index in [0.29, 0.717) is 48.5 Å². The van der Waals surface area contributed by atoms with E-state index in [-0.39, 0.29) is 45.1 Å². The Bertz CT molecular complexity index is 1550. The number of ether oxygens (including phenoxy) is 2. The van der Waals surface area contributed by atoms with Crippen LogP contribution in [0.4, 0.5) is 0 Å². The van der Waals surface area contributed by atoms with Gasteiger partial charge in [0.2, 0.25) is 5.91 Å². The van der Waals surface area contributed by atoms with E-state index < -0.39 is 17.3 Å². The van der Waals surface area contributed by atoms with Gasteiger partial charge >= 0.3 is 11.9 Å². The molecule has 57 heavy (non-hydrogen) atoms. The van der Waals surface area contributed by atoms with Crippen LogP contribution in [0.5, 0.6) is 0 Å². The number of morpholine rings is 1. The molecule has 8 rings (SSSR count). The van der Waals surface area contributed by atoms with Crippen molar-refractivity contribution in [2.45, 2.75) is 145 Å². The third-order valence-electron chi connectivity index (χ3n) is 20.4. The molecule has 1 aliphatic heterocycles. The van der Waals surface area contributed by atoms with E-state index in [2.05, 4.69) is 57.1 Å². The molecule has 0 radical (unpaired) electrons. The number of nitrogens with zero attached hydrogens (tertiary/aromatic N) is 1. The van der Waals surface area contributed by atoms with Gasteiger partial charge in [-0.15, -0.1) is 0 Å². The molecule has 0 bridgehead atoms. The van der Waals surface area contributed by atoms with Crippen LogP contribution < -0.4 is 10.6 Å². The lowest BCUT2D eigenvalue weighted by Gasteiger charge is -2.73. The predicted octanol–water partition coefficient (Wildman–Crippen LogP) is 7.81. The van der Waals surface area contributed by atoms with Crippen molar-refractivity contribution in [1.82, 2.24) is 15.5 Å². The van der Waals surface area contributed by atoms with Crippen molar-refractivity contribution in [2.24, 2.45) is 85.8 Å². The molecular weight excluding hydrogens is 715 g/mol. The molecule has 1 saturated heterocycles. The lowest BCUT2D eigenvalue weighted by atomic mass is 9.32. The molecule has 8 aliphatic rings. The zero-order valence-electron chi connectivity index (χ0n) is 37.1. The van der Waals surface area contributed by atoms with Gasteiger partial charge in [0.1, 0.15) is 6.10 Å². The van der Waals surface area contributed by atoms with Gasteiger partial charge in [-0.1, -0.05) is 48.5 Å². The topological polar surface area (TPSA) is 117 Å². The first-order chi connectivity index (χ1) is 26.9. The fourth-order valence-electron chi connectivity index (χ4n) is 16.4. The molecule has 8 fully saturated rings. The molecule has 0 spiro atoms. The van der Waals surface area contributed by atoms with Gasteiger partial charge in [-0.2, -0.15) is 0 Å². The number of carboxylic acid groups (broad SMARTS) is 1. The number of aliphatic carboxylic acids is 1. The zero-order valence-corrected chi connectivity index (χ0v) is 37.1. The monoisotopic (exact) mass is 794 g/mol. The Balaban J connectivity index is 0.947. The zero-order chi connectivity index (χ0) is 40.8.